The van der Waals surface area contributed by atoms with Crippen molar-refractivity contribution in [2.75, 3.05) is 19.7 Å². The summed E-state index contributed by atoms with van der Waals surface area (Å²) in [4.78, 5) is 26.7. The molecular formula is C22H20FN3O3. The van der Waals surface area contributed by atoms with Crippen molar-refractivity contribution in [1.82, 2.24) is 14.7 Å². The van der Waals surface area contributed by atoms with E-state index in [1.165, 1.54) is 18.2 Å². The number of halogens is 1. The highest BCUT2D eigenvalue weighted by Crippen LogP contribution is 2.22. The summed E-state index contributed by atoms with van der Waals surface area (Å²) < 4.78 is 20.9. The maximum absolute atomic E-state index is 14.0. The van der Waals surface area contributed by atoms with Gasteiger partial charge in [0.05, 0.1) is 18.8 Å². The van der Waals surface area contributed by atoms with Crippen LogP contribution < -0.4 is 5.56 Å². The monoisotopic (exact) mass is 393 g/mol. The number of carbonyl (C=O) groups is 1. The van der Waals surface area contributed by atoms with Gasteiger partial charge in [-0.2, -0.15) is 5.10 Å². The molecule has 0 bridgehead atoms. The van der Waals surface area contributed by atoms with Gasteiger partial charge in [0, 0.05) is 18.2 Å². The standard InChI is InChI=1S/C22H20FN3O3/c23-18-9-5-4-8-17(18)19-10-11-21(27)26(24-19)15-22(28)25-12-13-29-20(14-25)16-6-2-1-3-7-16/h1-11,20H,12-15H2/t20-/m1/s1. The van der Waals surface area contributed by atoms with E-state index in [-0.39, 0.29) is 24.1 Å². The van der Waals surface area contributed by atoms with Gasteiger partial charge in [-0.25, -0.2) is 9.07 Å². The van der Waals surface area contributed by atoms with Crippen LogP contribution in [-0.4, -0.2) is 40.3 Å². The van der Waals surface area contributed by atoms with E-state index < -0.39 is 11.4 Å². The summed E-state index contributed by atoms with van der Waals surface area (Å²) >= 11 is 0. The molecule has 1 saturated heterocycles. The largest absolute Gasteiger partial charge is 0.370 e. The maximum Gasteiger partial charge on any atom is 0.267 e. The summed E-state index contributed by atoms with van der Waals surface area (Å²) in [6.45, 7) is 1.07. The summed E-state index contributed by atoms with van der Waals surface area (Å²) in [5.41, 5.74) is 1.18. The molecule has 3 aromatic rings. The highest BCUT2D eigenvalue weighted by molar-refractivity contribution is 5.76. The second-order valence-electron chi connectivity index (χ2n) is 6.80. The van der Waals surface area contributed by atoms with Crippen LogP contribution >= 0.6 is 0 Å². The lowest BCUT2D eigenvalue weighted by Crippen LogP contribution is -2.44. The minimum Gasteiger partial charge on any atom is -0.370 e. The zero-order valence-corrected chi connectivity index (χ0v) is 15.7. The number of rotatable bonds is 4. The van der Waals surface area contributed by atoms with Crippen molar-refractivity contribution in [2.24, 2.45) is 0 Å². The lowest BCUT2D eigenvalue weighted by atomic mass is 10.1. The molecule has 1 aliphatic rings. The first-order chi connectivity index (χ1) is 14.1. The third-order valence-corrected chi connectivity index (χ3v) is 4.89. The third kappa shape index (κ3) is 4.25. The predicted octanol–water partition coefficient (Wildman–Crippen LogP) is 2.65. The molecule has 6 nitrogen and oxygen atoms in total. The highest BCUT2D eigenvalue weighted by atomic mass is 19.1. The fourth-order valence-electron chi connectivity index (χ4n) is 3.35. The smallest absolute Gasteiger partial charge is 0.267 e. The molecule has 29 heavy (non-hydrogen) atoms. The van der Waals surface area contributed by atoms with Crippen molar-refractivity contribution in [3.8, 4) is 11.3 Å². The van der Waals surface area contributed by atoms with Crippen molar-refractivity contribution < 1.29 is 13.9 Å². The third-order valence-electron chi connectivity index (χ3n) is 4.89. The Morgan fingerprint density at radius 3 is 2.62 bits per heavy atom. The Morgan fingerprint density at radius 1 is 1.07 bits per heavy atom. The topological polar surface area (TPSA) is 64.4 Å². The summed E-state index contributed by atoms with van der Waals surface area (Å²) in [5.74, 6) is -0.662. The molecule has 2 heterocycles. The molecule has 148 valence electrons. The van der Waals surface area contributed by atoms with Crippen molar-refractivity contribution in [3.05, 3.63) is 88.5 Å². The SMILES string of the molecule is O=C(Cn1nc(-c2ccccc2F)ccc1=O)N1CCO[C@@H](c2ccccc2)C1. The van der Waals surface area contributed by atoms with E-state index in [9.17, 15) is 14.0 Å². The van der Waals surface area contributed by atoms with E-state index in [2.05, 4.69) is 5.10 Å². The van der Waals surface area contributed by atoms with E-state index in [0.717, 1.165) is 10.2 Å². The van der Waals surface area contributed by atoms with Crippen molar-refractivity contribution in [2.45, 2.75) is 12.6 Å². The number of amides is 1. The van der Waals surface area contributed by atoms with Gasteiger partial charge < -0.3 is 9.64 Å². The summed E-state index contributed by atoms with van der Waals surface area (Å²) in [6.07, 6.45) is -0.205. The van der Waals surface area contributed by atoms with Gasteiger partial charge in [-0.05, 0) is 23.8 Å². The van der Waals surface area contributed by atoms with E-state index in [1.54, 1.807) is 23.1 Å². The van der Waals surface area contributed by atoms with E-state index in [1.807, 2.05) is 30.3 Å². The Labute approximate surface area is 167 Å². The molecule has 0 radical (unpaired) electrons. The van der Waals surface area contributed by atoms with Gasteiger partial charge >= 0.3 is 0 Å². The van der Waals surface area contributed by atoms with Gasteiger partial charge in [0.1, 0.15) is 18.5 Å². The van der Waals surface area contributed by atoms with Gasteiger partial charge in [-0.1, -0.05) is 42.5 Å². The summed E-state index contributed by atoms with van der Waals surface area (Å²) in [6, 6.07) is 18.7. The van der Waals surface area contributed by atoms with Crippen LogP contribution in [0.4, 0.5) is 4.39 Å². The lowest BCUT2D eigenvalue weighted by molar-refractivity contribution is -0.139. The van der Waals surface area contributed by atoms with Crippen LogP contribution in [0.25, 0.3) is 11.3 Å². The van der Waals surface area contributed by atoms with Gasteiger partial charge in [0.15, 0.2) is 0 Å². The zero-order valence-electron chi connectivity index (χ0n) is 15.7. The first-order valence-electron chi connectivity index (χ1n) is 9.39. The van der Waals surface area contributed by atoms with Crippen LogP contribution in [0, 0.1) is 5.82 Å². The molecular weight excluding hydrogens is 373 g/mol. The molecule has 0 unspecified atom stereocenters. The van der Waals surface area contributed by atoms with Gasteiger partial charge in [0.25, 0.3) is 5.56 Å². The molecule has 2 aromatic carbocycles. The van der Waals surface area contributed by atoms with Crippen LogP contribution in [0.5, 0.6) is 0 Å². The van der Waals surface area contributed by atoms with E-state index >= 15 is 0 Å². The maximum atomic E-state index is 14.0. The first kappa shape index (κ1) is 19.0. The highest BCUT2D eigenvalue weighted by Gasteiger charge is 2.25. The second kappa shape index (κ2) is 8.36. The number of morpholine rings is 1. The van der Waals surface area contributed by atoms with Crippen molar-refractivity contribution in [3.63, 3.8) is 0 Å². The average Bonchev–Trinajstić information content (AvgIpc) is 2.76. The summed E-state index contributed by atoms with van der Waals surface area (Å²) in [7, 11) is 0. The van der Waals surface area contributed by atoms with Crippen LogP contribution in [0.3, 0.4) is 0 Å². The molecule has 0 saturated carbocycles. The molecule has 1 amide bonds. The van der Waals surface area contributed by atoms with Gasteiger partial charge in [-0.3, -0.25) is 9.59 Å². The predicted molar refractivity (Wildman–Crippen MR) is 106 cm³/mol. The van der Waals surface area contributed by atoms with E-state index in [4.69, 9.17) is 4.74 Å². The molecule has 0 aliphatic carbocycles. The molecule has 0 N–H and O–H groups in total. The van der Waals surface area contributed by atoms with Crippen LogP contribution in [0.2, 0.25) is 0 Å². The Hall–Kier alpha value is -3.32. The molecule has 1 fully saturated rings. The summed E-state index contributed by atoms with van der Waals surface area (Å²) in [5, 5.41) is 4.20. The quantitative estimate of drug-likeness (QED) is 0.684. The Balaban J connectivity index is 1.52. The number of carbonyl (C=O) groups excluding carboxylic acids is 1. The van der Waals surface area contributed by atoms with Crippen LogP contribution in [0.1, 0.15) is 11.7 Å². The van der Waals surface area contributed by atoms with E-state index in [0.29, 0.717) is 25.4 Å². The van der Waals surface area contributed by atoms with Crippen molar-refractivity contribution in [1.29, 1.82) is 0 Å². The Kier molecular flexibility index (Phi) is 5.48. The van der Waals surface area contributed by atoms with Crippen LogP contribution in [0.15, 0.2) is 71.5 Å². The molecule has 7 heteroatoms. The number of ether oxygens (including phenoxy) is 1. The zero-order chi connectivity index (χ0) is 20.2. The molecule has 1 aliphatic heterocycles. The number of hydrogen-bond donors (Lipinski definition) is 0. The molecule has 0 spiro atoms. The normalized spacial score (nSPS) is 16.6. The second-order valence-corrected chi connectivity index (χ2v) is 6.80. The number of hydrogen-bond acceptors (Lipinski definition) is 4. The average molecular weight is 393 g/mol. The Morgan fingerprint density at radius 2 is 1.83 bits per heavy atom. The van der Waals surface area contributed by atoms with Crippen molar-refractivity contribution >= 4 is 5.91 Å². The number of benzene rings is 2. The fraction of sp³-hybridized carbons (Fsp3) is 0.227. The van der Waals surface area contributed by atoms with Gasteiger partial charge in [0.2, 0.25) is 5.91 Å². The molecule has 4 rings (SSSR count). The van der Waals surface area contributed by atoms with Gasteiger partial charge in [-0.15, -0.1) is 0 Å². The minimum absolute atomic E-state index is 0.205. The molecule has 1 aromatic heterocycles. The Bertz CT molecular complexity index is 1070. The van der Waals surface area contributed by atoms with Crippen LogP contribution in [-0.2, 0) is 16.1 Å². The number of nitrogens with zero attached hydrogens (tertiary/aromatic N) is 3. The lowest BCUT2D eigenvalue weighted by Gasteiger charge is -2.33. The number of aromatic nitrogens is 2. The molecule has 1 atom stereocenters. The minimum atomic E-state index is -0.435. The fourth-order valence-corrected chi connectivity index (χ4v) is 3.35. The first-order valence-corrected chi connectivity index (χ1v) is 9.39.